The van der Waals surface area contributed by atoms with Gasteiger partial charge in [-0.05, 0) is 47.4 Å². The molecule has 0 radical (unpaired) electrons. The summed E-state index contributed by atoms with van der Waals surface area (Å²) in [5.41, 5.74) is 1.30. The van der Waals surface area contributed by atoms with E-state index in [1.54, 1.807) is 36.4 Å². The number of aliphatic carboxylic acids is 1. The Morgan fingerprint density at radius 2 is 2.07 bits per heavy atom. The summed E-state index contributed by atoms with van der Waals surface area (Å²) in [7, 11) is -1.63. The van der Waals surface area contributed by atoms with E-state index in [1.165, 1.54) is 29.5 Å². The van der Waals surface area contributed by atoms with Crippen LogP contribution in [-0.4, -0.2) is 60.8 Å². The van der Waals surface area contributed by atoms with Crippen molar-refractivity contribution in [2.45, 2.75) is 17.8 Å². The third-order valence-electron chi connectivity index (χ3n) is 6.58. The number of aromatic nitrogens is 1. The third-order valence-corrected chi connectivity index (χ3v) is 9.07. The first-order chi connectivity index (χ1) is 19.8. The highest BCUT2D eigenvalue weighted by molar-refractivity contribution is 7.86. The van der Waals surface area contributed by atoms with Gasteiger partial charge in [-0.15, -0.1) is 11.3 Å². The number of carbonyl (C=O) groups is 3. The number of thiophene rings is 1. The minimum absolute atomic E-state index is 0.0407. The summed E-state index contributed by atoms with van der Waals surface area (Å²) in [6.45, 7) is 0.0407. The molecule has 11 nitrogen and oxygen atoms in total. The number of carbonyl (C=O) groups excluding carboxylic acids is 2. The fourth-order valence-electron chi connectivity index (χ4n) is 4.74. The molecule has 2 amide bonds. The number of fused-ring (bicyclic) bond motifs is 3. The van der Waals surface area contributed by atoms with Crippen molar-refractivity contribution in [3.05, 3.63) is 92.4 Å². The fourth-order valence-corrected chi connectivity index (χ4v) is 7.09. The van der Waals surface area contributed by atoms with Crippen molar-refractivity contribution in [3.8, 4) is 17.2 Å². The third kappa shape index (κ3) is 5.16. The first kappa shape index (κ1) is 26.6. The molecule has 0 spiro atoms. The van der Waals surface area contributed by atoms with Crippen molar-refractivity contribution in [2.24, 2.45) is 0 Å². The Hall–Kier alpha value is -4.62. The van der Waals surface area contributed by atoms with Crippen LogP contribution in [0.2, 0.25) is 0 Å². The van der Waals surface area contributed by atoms with Gasteiger partial charge in [0, 0.05) is 17.0 Å². The summed E-state index contributed by atoms with van der Waals surface area (Å²) in [6, 6.07) is 12.0. The number of amides is 2. The lowest BCUT2D eigenvalue weighted by Gasteiger charge is -2.48. The first-order valence-corrected chi connectivity index (χ1v) is 14.7. The summed E-state index contributed by atoms with van der Waals surface area (Å²) < 4.78 is 24.6. The van der Waals surface area contributed by atoms with E-state index in [0.717, 1.165) is 9.78 Å². The van der Waals surface area contributed by atoms with Crippen molar-refractivity contribution in [1.29, 1.82) is 0 Å². The first-order valence-electron chi connectivity index (χ1n) is 12.4. The number of benzene rings is 2. The molecule has 208 valence electrons. The van der Waals surface area contributed by atoms with Crippen LogP contribution in [0.4, 0.5) is 0 Å². The van der Waals surface area contributed by atoms with Gasteiger partial charge in [-0.25, -0.2) is 9.78 Å². The number of allylic oxidation sites excluding steroid dienone is 1. The number of ether oxygens (including phenoxy) is 1. The highest BCUT2D eigenvalue weighted by Gasteiger charge is 2.56. The molecule has 13 heteroatoms. The molecule has 41 heavy (non-hydrogen) atoms. The van der Waals surface area contributed by atoms with Crippen LogP contribution in [-0.2, 0) is 31.6 Å². The lowest BCUT2D eigenvalue weighted by molar-refractivity contribution is -0.150. The van der Waals surface area contributed by atoms with Crippen molar-refractivity contribution in [2.75, 3.05) is 12.4 Å². The predicted octanol–water partition coefficient (Wildman–Crippen LogP) is 2.29. The summed E-state index contributed by atoms with van der Waals surface area (Å²) in [5, 5.41) is 13.4. The summed E-state index contributed by atoms with van der Waals surface area (Å²) in [4.78, 5) is 55.3. The van der Waals surface area contributed by atoms with Gasteiger partial charge in [-0.3, -0.25) is 23.5 Å². The molecule has 0 bridgehead atoms. The Kier molecular flexibility index (Phi) is 6.97. The van der Waals surface area contributed by atoms with Gasteiger partial charge in [-0.1, -0.05) is 12.1 Å². The van der Waals surface area contributed by atoms with E-state index in [2.05, 4.69) is 10.3 Å². The second-order valence-electron chi connectivity index (χ2n) is 9.29. The summed E-state index contributed by atoms with van der Waals surface area (Å²) in [6.07, 6.45) is 3.11. The SMILES string of the molecule is O=C(Cc1cccs1)N[C@@H]1C(=O)N2C(C(=O)O)=C(/C=C/COc3ccc4nc5ccc(=O)cc-5oc4c3)CS(=O)[C@H]12. The maximum atomic E-state index is 13.0. The molecule has 1 unspecified atom stereocenters. The summed E-state index contributed by atoms with van der Waals surface area (Å²) in [5.74, 6) is -1.65. The zero-order valence-electron chi connectivity index (χ0n) is 21.1. The largest absolute Gasteiger partial charge is 0.489 e. The maximum Gasteiger partial charge on any atom is 0.352 e. The Balaban J connectivity index is 1.14. The summed E-state index contributed by atoms with van der Waals surface area (Å²) >= 11 is 1.40. The van der Waals surface area contributed by atoms with Crippen LogP contribution in [0.25, 0.3) is 22.6 Å². The van der Waals surface area contributed by atoms with Gasteiger partial charge >= 0.3 is 5.97 Å². The average Bonchev–Trinajstić information content (AvgIpc) is 3.45. The number of β-lactam (4-membered cyclic amide) rings is 1. The molecule has 1 aliphatic carbocycles. The number of nitrogens with zero attached hydrogens (tertiary/aromatic N) is 2. The second-order valence-corrected chi connectivity index (χ2v) is 11.9. The van der Waals surface area contributed by atoms with Crippen LogP contribution in [0.1, 0.15) is 4.88 Å². The number of rotatable bonds is 8. The number of carboxylic acid groups (broad SMARTS) is 1. The van der Waals surface area contributed by atoms with Crippen LogP contribution >= 0.6 is 11.3 Å². The molecule has 4 aliphatic rings. The van der Waals surface area contributed by atoms with Crippen LogP contribution in [0.3, 0.4) is 0 Å². The van der Waals surface area contributed by atoms with Crippen LogP contribution in [0.5, 0.6) is 5.75 Å². The van der Waals surface area contributed by atoms with Crippen molar-refractivity contribution >= 4 is 51.0 Å². The minimum Gasteiger partial charge on any atom is -0.489 e. The van der Waals surface area contributed by atoms with Crippen molar-refractivity contribution in [3.63, 3.8) is 0 Å². The molecule has 0 saturated carbocycles. The van der Waals surface area contributed by atoms with Gasteiger partial charge in [0.15, 0.2) is 16.8 Å². The van der Waals surface area contributed by atoms with Gasteiger partial charge in [0.25, 0.3) is 5.91 Å². The molecule has 1 saturated heterocycles. The molecule has 3 aliphatic heterocycles. The van der Waals surface area contributed by atoms with Crippen molar-refractivity contribution in [1.82, 2.24) is 15.2 Å². The number of hydrogen-bond donors (Lipinski definition) is 2. The normalized spacial score (nSPS) is 20.3. The molecule has 4 heterocycles. The van der Waals surface area contributed by atoms with Crippen molar-refractivity contribution < 1.29 is 32.9 Å². The average molecular weight is 592 g/mol. The van der Waals surface area contributed by atoms with E-state index in [-0.39, 0.29) is 35.5 Å². The molecular formula is C28H21N3O8S2. The number of nitrogens with one attached hydrogen (secondary N) is 1. The van der Waals surface area contributed by atoms with Crippen LogP contribution in [0.15, 0.2) is 86.5 Å². The molecule has 2 aromatic rings. The lowest BCUT2D eigenvalue weighted by atomic mass is 10.0. The van der Waals surface area contributed by atoms with E-state index in [1.807, 2.05) is 11.4 Å². The Morgan fingerprint density at radius 3 is 2.85 bits per heavy atom. The molecule has 1 fully saturated rings. The molecular weight excluding hydrogens is 570 g/mol. The standard InChI is InChI=1S/C28H21N3O8S2/c32-16-5-7-19-21(11-16)39-22-12-17(6-8-20(22)29-19)38-9-1-3-15-14-41(37)27-24(26(34)31(27)25(15)28(35)36)30-23(33)13-18-4-2-10-40-18/h1-8,10-12,24,27H,9,13-14H2,(H,30,33)(H,35,36)/b3-1+/t24-,27-,41?/m1/s1. The van der Waals surface area contributed by atoms with Crippen LogP contribution in [0, 0.1) is 0 Å². The topological polar surface area (TPSA) is 156 Å². The fraction of sp³-hybridized carbons (Fsp3) is 0.179. The molecule has 3 atom stereocenters. The molecule has 1 aromatic heterocycles. The number of hydrogen-bond acceptors (Lipinski definition) is 9. The minimum atomic E-state index is -1.63. The monoisotopic (exact) mass is 591 g/mol. The predicted molar refractivity (Wildman–Crippen MR) is 150 cm³/mol. The zero-order chi connectivity index (χ0) is 28.7. The Morgan fingerprint density at radius 1 is 1.22 bits per heavy atom. The highest BCUT2D eigenvalue weighted by atomic mass is 32.2. The van der Waals surface area contributed by atoms with Crippen LogP contribution < -0.4 is 15.5 Å². The quantitative estimate of drug-likeness (QED) is 0.232. The zero-order valence-corrected chi connectivity index (χ0v) is 22.8. The van der Waals surface area contributed by atoms with E-state index < -0.39 is 40.0 Å². The Labute approximate surface area is 238 Å². The lowest BCUT2D eigenvalue weighted by Crippen LogP contribution is -2.73. The van der Waals surface area contributed by atoms with E-state index >= 15 is 0 Å². The van der Waals surface area contributed by atoms with Gasteiger partial charge in [0.2, 0.25) is 5.91 Å². The van der Waals surface area contributed by atoms with Gasteiger partial charge in [0.1, 0.15) is 40.7 Å². The van der Waals surface area contributed by atoms with Gasteiger partial charge in [-0.2, -0.15) is 0 Å². The van der Waals surface area contributed by atoms with Gasteiger partial charge in [0.05, 0.1) is 23.0 Å². The van der Waals surface area contributed by atoms with E-state index in [4.69, 9.17) is 9.15 Å². The Bertz CT molecular complexity index is 1810. The van der Waals surface area contributed by atoms with E-state index in [9.17, 15) is 28.5 Å². The molecule has 2 N–H and O–H groups in total. The molecule has 6 rings (SSSR count). The van der Waals surface area contributed by atoms with Gasteiger partial charge < -0.3 is 19.6 Å². The molecule has 1 aromatic carbocycles. The number of carboxylic acids is 1. The maximum absolute atomic E-state index is 13.0. The second kappa shape index (κ2) is 10.7. The smallest absolute Gasteiger partial charge is 0.352 e. The highest BCUT2D eigenvalue weighted by Crippen LogP contribution is 2.35. The van der Waals surface area contributed by atoms with E-state index in [0.29, 0.717) is 28.3 Å².